The third-order valence-electron chi connectivity index (χ3n) is 6.09. The van der Waals surface area contributed by atoms with Gasteiger partial charge in [0.15, 0.2) is 0 Å². The van der Waals surface area contributed by atoms with E-state index in [0.29, 0.717) is 21.4 Å². The number of hydrogen-bond donors (Lipinski definition) is 3. The topological polar surface area (TPSA) is 90.5 Å². The number of para-hydroxylation sites is 1. The number of fused-ring (bicyclic) bond motifs is 1. The highest BCUT2D eigenvalue weighted by Gasteiger charge is 2.37. The van der Waals surface area contributed by atoms with Crippen molar-refractivity contribution in [3.8, 4) is 0 Å². The van der Waals surface area contributed by atoms with Gasteiger partial charge in [0, 0.05) is 32.9 Å². The summed E-state index contributed by atoms with van der Waals surface area (Å²) in [6.07, 6.45) is 0.274. The van der Waals surface area contributed by atoms with Crippen LogP contribution in [0.4, 0.5) is 16.2 Å². The summed E-state index contributed by atoms with van der Waals surface area (Å²) in [7, 11) is 0. The van der Waals surface area contributed by atoms with E-state index >= 15 is 0 Å². The molecule has 3 aromatic rings. The molecule has 1 aliphatic rings. The Morgan fingerprint density at radius 2 is 1.63 bits per heavy atom. The maximum Gasteiger partial charge on any atom is 0.319 e. The molecule has 1 aliphatic heterocycles. The summed E-state index contributed by atoms with van der Waals surface area (Å²) >= 11 is 12.4. The van der Waals surface area contributed by atoms with E-state index < -0.39 is 17.6 Å². The fourth-order valence-electron chi connectivity index (χ4n) is 4.61. The van der Waals surface area contributed by atoms with Crippen LogP contribution in [0.2, 0.25) is 10.0 Å². The van der Waals surface area contributed by atoms with E-state index in [1.54, 1.807) is 30.3 Å². The fourth-order valence-corrected chi connectivity index (χ4v) is 5.00. The van der Waals surface area contributed by atoms with Crippen LogP contribution in [-0.2, 0) is 9.59 Å². The molecule has 0 bridgehead atoms. The van der Waals surface area contributed by atoms with Gasteiger partial charge in [-0.25, -0.2) is 4.79 Å². The lowest BCUT2D eigenvalue weighted by Gasteiger charge is -2.28. The molecule has 0 spiro atoms. The maximum absolute atomic E-state index is 14.0. The molecule has 38 heavy (non-hydrogen) atoms. The Balaban J connectivity index is 1.71. The van der Waals surface area contributed by atoms with Crippen LogP contribution in [0.15, 0.2) is 72.8 Å². The molecule has 0 radical (unpaired) electrons. The summed E-state index contributed by atoms with van der Waals surface area (Å²) in [6, 6.07) is 20.2. The quantitative estimate of drug-likeness (QED) is 0.364. The van der Waals surface area contributed by atoms with Gasteiger partial charge in [-0.2, -0.15) is 0 Å². The van der Waals surface area contributed by atoms with Gasteiger partial charge in [0.1, 0.15) is 12.6 Å². The molecule has 2 atom stereocenters. The minimum absolute atomic E-state index is 0.191. The Hall–Kier alpha value is -3.55. The van der Waals surface area contributed by atoms with Gasteiger partial charge in [-0.1, -0.05) is 59.6 Å². The van der Waals surface area contributed by atoms with Crippen molar-refractivity contribution in [3.63, 3.8) is 0 Å². The number of hydrogen-bond acceptors (Lipinski definition) is 3. The second-order valence-corrected chi connectivity index (χ2v) is 11.2. The van der Waals surface area contributed by atoms with Crippen LogP contribution in [0.5, 0.6) is 0 Å². The summed E-state index contributed by atoms with van der Waals surface area (Å²) in [5, 5.41) is 9.53. The largest absolute Gasteiger partial charge is 0.350 e. The first-order valence-electron chi connectivity index (χ1n) is 12.3. The lowest BCUT2D eigenvalue weighted by Crippen LogP contribution is -2.53. The van der Waals surface area contributed by atoms with Crippen LogP contribution in [0.25, 0.3) is 0 Å². The van der Waals surface area contributed by atoms with Gasteiger partial charge in [0.05, 0.1) is 0 Å². The van der Waals surface area contributed by atoms with Gasteiger partial charge >= 0.3 is 6.03 Å². The smallest absolute Gasteiger partial charge is 0.319 e. The van der Waals surface area contributed by atoms with Gasteiger partial charge in [-0.3, -0.25) is 9.59 Å². The molecule has 0 aromatic heterocycles. The fraction of sp³-hybridized carbons (Fsp3) is 0.276. The minimum atomic E-state index is -0.923. The number of carbonyl (C=O) groups is 3. The van der Waals surface area contributed by atoms with Crippen LogP contribution in [0.1, 0.15) is 44.2 Å². The van der Waals surface area contributed by atoms with E-state index in [-0.39, 0.29) is 30.7 Å². The average molecular weight is 553 g/mol. The van der Waals surface area contributed by atoms with Crippen molar-refractivity contribution >= 4 is 52.4 Å². The van der Waals surface area contributed by atoms with Crippen LogP contribution >= 0.6 is 23.2 Å². The molecule has 3 aromatic carbocycles. The summed E-state index contributed by atoms with van der Waals surface area (Å²) < 4.78 is 0. The Labute approximate surface area is 232 Å². The number of benzene rings is 3. The molecule has 0 saturated carbocycles. The maximum atomic E-state index is 14.0. The van der Waals surface area contributed by atoms with Crippen molar-refractivity contribution in [3.05, 3.63) is 94.0 Å². The second kappa shape index (κ2) is 11.5. The van der Waals surface area contributed by atoms with Crippen molar-refractivity contribution in [2.24, 2.45) is 0 Å². The van der Waals surface area contributed by atoms with E-state index in [0.717, 1.165) is 11.1 Å². The molecular weight excluding hydrogens is 523 g/mol. The molecule has 0 fully saturated rings. The first-order chi connectivity index (χ1) is 18.0. The molecule has 1 heterocycles. The van der Waals surface area contributed by atoms with E-state index in [1.807, 2.05) is 63.2 Å². The molecule has 0 unspecified atom stereocenters. The van der Waals surface area contributed by atoms with Crippen molar-refractivity contribution < 1.29 is 14.4 Å². The minimum Gasteiger partial charge on any atom is -0.350 e. The molecule has 7 nitrogen and oxygen atoms in total. The van der Waals surface area contributed by atoms with Crippen LogP contribution in [0, 0.1) is 0 Å². The van der Waals surface area contributed by atoms with E-state index in [9.17, 15) is 14.4 Å². The predicted molar refractivity (Wildman–Crippen MR) is 152 cm³/mol. The molecule has 0 saturated heterocycles. The predicted octanol–water partition coefficient (Wildman–Crippen LogP) is 5.97. The summed E-state index contributed by atoms with van der Waals surface area (Å²) in [5.74, 6) is -0.947. The zero-order valence-electron chi connectivity index (χ0n) is 21.4. The second-order valence-electron chi connectivity index (χ2n) is 10.3. The van der Waals surface area contributed by atoms with E-state index in [4.69, 9.17) is 23.2 Å². The Bertz CT molecular complexity index is 1360. The first kappa shape index (κ1) is 27.5. The number of halogens is 2. The highest BCUT2D eigenvalue weighted by molar-refractivity contribution is 6.31. The van der Waals surface area contributed by atoms with Gasteiger partial charge < -0.3 is 20.9 Å². The first-order valence-corrected chi connectivity index (χ1v) is 13.1. The normalized spacial score (nSPS) is 17.3. The zero-order chi connectivity index (χ0) is 27.4. The lowest BCUT2D eigenvalue weighted by atomic mass is 9.86. The molecule has 198 valence electrons. The van der Waals surface area contributed by atoms with Gasteiger partial charge in [0.25, 0.3) is 0 Å². The number of urea groups is 1. The third-order valence-corrected chi connectivity index (χ3v) is 6.56. The standard InChI is InChI=1S/C29H30Cl2N4O3/c1-29(2,3)34-26(36)17-35-25-13-5-4-12-22(25)23(18-8-6-9-19(30)14-18)16-24(27(35)37)33-28(38)32-21-11-7-10-20(31)15-21/h4-15,23-24H,16-17H2,1-3H3,(H,34,36)(H2,32,33,38)/t23-,24-/m1/s1. The molecule has 4 rings (SSSR count). The highest BCUT2D eigenvalue weighted by Crippen LogP contribution is 2.39. The average Bonchev–Trinajstić information content (AvgIpc) is 2.93. The van der Waals surface area contributed by atoms with Crippen molar-refractivity contribution in [1.82, 2.24) is 10.6 Å². The SMILES string of the molecule is CC(C)(C)NC(=O)CN1C(=O)[C@H](NC(=O)Nc2cccc(Cl)c2)C[C@H](c2cccc(Cl)c2)c2ccccc21. The Kier molecular flexibility index (Phi) is 8.29. The monoisotopic (exact) mass is 552 g/mol. The molecular formula is C29H30Cl2N4O3. The molecule has 4 amide bonds. The van der Waals surface area contributed by atoms with E-state index in [1.165, 1.54) is 4.90 Å². The summed E-state index contributed by atoms with van der Waals surface area (Å²) in [5.41, 5.74) is 2.41. The number of nitrogens with zero attached hydrogens (tertiary/aromatic N) is 1. The third kappa shape index (κ3) is 6.85. The molecule has 9 heteroatoms. The van der Waals surface area contributed by atoms with E-state index in [2.05, 4.69) is 16.0 Å². The summed E-state index contributed by atoms with van der Waals surface area (Å²) in [6.45, 7) is 5.44. The van der Waals surface area contributed by atoms with Crippen molar-refractivity contribution in [2.75, 3.05) is 16.8 Å². The lowest BCUT2D eigenvalue weighted by molar-refractivity contribution is -0.125. The highest BCUT2D eigenvalue weighted by atomic mass is 35.5. The number of anilines is 2. The zero-order valence-corrected chi connectivity index (χ0v) is 22.9. The number of carbonyl (C=O) groups excluding carboxylic acids is 3. The van der Waals surface area contributed by atoms with Gasteiger partial charge in [-0.05, 0) is 74.7 Å². The van der Waals surface area contributed by atoms with Crippen LogP contribution < -0.4 is 20.9 Å². The molecule has 0 aliphatic carbocycles. The number of nitrogens with one attached hydrogen (secondary N) is 3. The van der Waals surface area contributed by atoms with Crippen molar-refractivity contribution in [2.45, 2.75) is 44.7 Å². The summed E-state index contributed by atoms with van der Waals surface area (Å²) in [4.78, 5) is 41.4. The number of rotatable bonds is 5. The van der Waals surface area contributed by atoms with Crippen LogP contribution in [0.3, 0.4) is 0 Å². The van der Waals surface area contributed by atoms with Gasteiger partial charge in [0.2, 0.25) is 11.8 Å². The molecule has 3 N–H and O–H groups in total. The van der Waals surface area contributed by atoms with Gasteiger partial charge in [-0.15, -0.1) is 0 Å². The Morgan fingerprint density at radius 1 is 0.947 bits per heavy atom. The Morgan fingerprint density at radius 3 is 2.32 bits per heavy atom. The van der Waals surface area contributed by atoms with Crippen molar-refractivity contribution in [1.29, 1.82) is 0 Å². The van der Waals surface area contributed by atoms with Crippen LogP contribution in [-0.4, -0.2) is 36.0 Å². The number of amides is 4.